The Bertz CT molecular complexity index is 305. The highest BCUT2D eigenvalue weighted by Crippen LogP contribution is 2.25. The zero-order chi connectivity index (χ0) is 10.1. The molecule has 2 atom stereocenters. The summed E-state index contributed by atoms with van der Waals surface area (Å²) in [4.78, 5) is 2.42. The van der Waals surface area contributed by atoms with Crippen molar-refractivity contribution < 1.29 is 0 Å². The van der Waals surface area contributed by atoms with Crippen molar-refractivity contribution in [2.24, 2.45) is 11.8 Å². The van der Waals surface area contributed by atoms with E-state index in [0.29, 0.717) is 4.47 Å². The van der Waals surface area contributed by atoms with Gasteiger partial charge in [-0.05, 0) is 23.4 Å². The number of hydrogen-bond acceptors (Lipinski definition) is 4. The number of rotatable bonds is 2. The zero-order valence-corrected chi connectivity index (χ0v) is 9.98. The third-order valence-corrected chi connectivity index (χ3v) is 3.87. The van der Waals surface area contributed by atoms with Crippen LogP contribution >= 0.6 is 22.9 Å². The van der Waals surface area contributed by atoms with Gasteiger partial charge < -0.3 is 0 Å². The van der Waals surface area contributed by atoms with Gasteiger partial charge in [0.25, 0.3) is 0 Å². The molecule has 1 fully saturated rings. The van der Waals surface area contributed by atoms with E-state index in [9.17, 15) is 0 Å². The van der Waals surface area contributed by atoms with Crippen molar-refractivity contribution in [3.8, 4) is 0 Å². The Morgan fingerprint density at radius 2 is 2.00 bits per heavy atom. The second kappa shape index (κ2) is 4.13. The number of halogens is 1. The maximum atomic E-state index is 5.73. The maximum absolute atomic E-state index is 5.73. The summed E-state index contributed by atoms with van der Waals surface area (Å²) in [5.41, 5.74) is 0. The highest BCUT2D eigenvalue weighted by molar-refractivity contribution is 7.15. The van der Waals surface area contributed by atoms with Crippen molar-refractivity contribution in [3.05, 3.63) is 9.47 Å². The van der Waals surface area contributed by atoms with Gasteiger partial charge in [-0.3, -0.25) is 4.90 Å². The molecule has 0 aromatic carbocycles. The maximum Gasteiger partial charge on any atom is 0.207 e. The minimum Gasteiger partial charge on any atom is -0.296 e. The van der Waals surface area contributed by atoms with Crippen LogP contribution in [0.3, 0.4) is 0 Å². The fraction of sp³-hybridized carbons (Fsp3) is 0.778. The first-order chi connectivity index (χ1) is 6.65. The molecular formula is C9H14ClN3S. The van der Waals surface area contributed by atoms with Gasteiger partial charge in [-0.2, -0.15) is 0 Å². The largest absolute Gasteiger partial charge is 0.296 e. The summed E-state index contributed by atoms with van der Waals surface area (Å²) in [5, 5.41) is 8.85. The smallest absolute Gasteiger partial charge is 0.207 e. The van der Waals surface area contributed by atoms with Crippen LogP contribution in [-0.4, -0.2) is 28.2 Å². The van der Waals surface area contributed by atoms with Gasteiger partial charge in [0, 0.05) is 13.1 Å². The van der Waals surface area contributed by atoms with E-state index in [1.54, 1.807) is 0 Å². The molecule has 5 heteroatoms. The van der Waals surface area contributed by atoms with E-state index < -0.39 is 0 Å². The van der Waals surface area contributed by atoms with Gasteiger partial charge in [0.1, 0.15) is 5.01 Å². The fourth-order valence-electron chi connectivity index (χ4n) is 1.87. The number of nitrogens with zero attached hydrogens (tertiary/aromatic N) is 3. The summed E-state index contributed by atoms with van der Waals surface area (Å²) in [5.74, 6) is 1.58. The first-order valence-electron chi connectivity index (χ1n) is 4.85. The molecule has 2 heterocycles. The second-order valence-electron chi connectivity index (χ2n) is 4.10. The van der Waals surface area contributed by atoms with Crippen LogP contribution in [0.25, 0.3) is 0 Å². The molecule has 3 nitrogen and oxygen atoms in total. The molecule has 1 aromatic rings. The molecule has 1 saturated heterocycles. The van der Waals surface area contributed by atoms with Gasteiger partial charge >= 0.3 is 0 Å². The van der Waals surface area contributed by atoms with E-state index in [1.165, 1.54) is 24.4 Å². The summed E-state index contributed by atoms with van der Waals surface area (Å²) in [6.45, 7) is 7.84. The molecule has 2 unspecified atom stereocenters. The van der Waals surface area contributed by atoms with Crippen LogP contribution < -0.4 is 0 Å². The van der Waals surface area contributed by atoms with Crippen LogP contribution in [0.4, 0.5) is 0 Å². The Morgan fingerprint density at radius 1 is 1.36 bits per heavy atom. The predicted octanol–water partition coefficient (Wildman–Crippen LogP) is 2.28. The summed E-state index contributed by atoms with van der Waals surface area (Å²) >= 11 is 7.21. The monoisotopic (exact) mass is 231 g/mol. The Kier molecular flexibility index (Phi) is 3.04. The third kappa shape index (κ3) is 2.24. The summed E-state index contributed by atoms with van der Waals surface area (Å²) in [6, 6.07) is 0. The Morgan fingerprint density at radius 3 is 2.50 bits per heavy atom. The van der Waals surface area contributed by atoms with Crippen LogP contribution in [0.1, 0.15) is 18.9 Å². The molecule has 0 amide bonds. The highest BCUT2D eigenvalue weighted by Gasteiger charge is 2.26. The van der Waals surface area contributed by atoms with Crippen molar-refractivity contribution in [1.82, 2.24) is 15.1 Å². The molecular weight excluding hydrogens is 218 g/mol. The zero-order valence-electron chi connectivity index (χ0n) is 8.40. The molecule has 0 bridgehead atoms. The SMILES string of the molecule is CC1CN(Cc2nnc(Cl)s2)CC1C. The van der Waals surface area contributed by atoms with Crippen LogP contribution in [0.5, 0.6) is 0 Å². The fourth-order valence-corrected chi connectivity index (χ4v) is 2.78. The quantitative estimate of drug-likeness (QED) is 0.782. The van der Waals surface area contributed by atoms with Crippen molar-refractivity contribution in [2.45, 2.75) is 20.4 Å². The molecule has 0 aliphatic carbocycles. The van der Waals surface area contributed by atoms with Crippen molar-refractivity contribution in [2.75, 3.05) is 13.1 Å². The lowest BCUT2D eigenvalue weighted by Gasteiger charge is -2.12. The molecule has 0 radical (unpaired) electrons. The number of hydrogen-bond donors (Lipinski definition) is 0. The minimum atomic E-state index is 0.542. The van der Waals surface area contributed by atoms with Crippen molar-refractivity contribution in [3.63, 3.8) is 0 Å². The van der Waals surface area contributed by atoms with Crippen molar-refractivity contribution in [1.29, 1.82) is 0 Å². The van der Waals surface area contributed by atoms with E-state index in [2.05, 4.69) is 28.9 Å². The molecule has 14 heavy (non-hydrogen) atoms. The lowest BCUT2D eigenvalue weighted by Crippen LogP contribution is -2.19. The average molecular weight is 232 g/mol. The summed E-state index contributed by atoms with van der Waals surface area (Å²) in [6.07, 6.45) is 0. The van der Waals surface area contributed by atoms with Crippen molar-refractivity contribution >= 4 is 22.9 Å². The molecule has 1 aliphatic heterocycles. The molecule has 1 aliphatic rings. The van der Waals surface area contributed by atoms with E-state index >= 15 is 0 Å². The van der Waals surface area contributed by atoms with Crippen LogP contribution in [0.15, 0.2) is 0 Å². The van der Waals surface area contributed by atoms with Gasteiger partial charge in [-0.25, -0.2) is 0 Å². The third-order valence-electron chi connectivity index (χ3n) is 2.86. The summed E-state index contributed by atoms with van der Waals surface area (Å²) < 4.78 is 0.542. The van der Waals surface area contributed by atoms with Gasteiger partial charge in [0.05, 0.1) is 6.54 Å². The Hall–Kier alpha value is -0.190. The first kappa shape index (κ1) is 10.3. The lowest BCUT2D eigenvalue weighted by molar-refractivity contribution is 0.315. The second-order valence-corrected chi connectivity index (χ2v) is 5.74. The van der Waals surface area contributed by atoms with E-state index in [-0.39, 0.29) is 0 Å². The van der Waals surface area contributed by atoms with Gasteiger partial charge in [-0.1, -0.05) is 25.2 Å². The van der Waals surface area contributed by atoms with E-state index in [4.69, 9.17) is 11.6 Å². The normalized spacial score (nSPS) is 28.5. The Labute approximate surface area is 93.1 Å². The topological polar surface area (TPSA) is 29.0 Å². The van der Waals surface area contributed by atoms with Gasteiger partial charge in [-0.15, -0.1) is 10.2 Å². The highest BCUT2D eigenvalue weighted by atomic mass is 35.5. The molecule has 2 rings (SSSR count). The van der Waals surface area contributed by atoms with Crippen LogP contribution in [-0.2, 0) is 6.54 Å². The molecule has 0 saturated carbocycles. The molecule has 78 valence electrons. The van der Waals surface area contributed by atoms with Crippen LogP contribution in [0, 0.1) is 11.8 Å². The predicted molar refractivity (Wildman–Crippen MR) is 58.5 cm³/mol. The first-order valence-corrected chi connectivity index (χ1v) is 6.05. The molecule has 0 spiro atoms. The van der Waals surface area contributed by atoms with Gasteiger partial charge in [0.2, 0.25) is 4.47 Å². The Balaban J connectivity index is 1.93. The standard InChI is InChI=1S/C9H14ClN3S/c1-6-3-13(4-7(6)2)5-8-11-12-9(10)14-8/h6-7H,3-5H2,1-2H3. The van der Waals surface area contributed by atoms with Gasteiger partial charge in [0.15, 0.2) is 0 Å². The molecule has 0 N–H and O–H groups in total. The van der Waals surface area contributed by atoms with E-state index in [1.807, 2.05) is 0 Å². The summed E-state index contributed by atoms with van der Waals surface area (Å²) in [7, 11) is 0. The number of aromatic nitrogens is 2. The van der Waals surface area contributed by atoms with E-state index in [0.717, 1.165) is 23.4 Å². The average Bonchev–Trinajstić information content (AvgIpc) is 2.62. The minimum absolute atomic E-state index is 0.542. The lowest BCUT2D eigenvalue weighted by atomic mass is 10.0. The van der Waals surface area contributed by atoms with Crippen LogP contribution in [0.2, 0.25) is 4.47 Å². The number of likely N-dealkylation sites (tertiary alicyclic amines) is 1. The molecule has 1 aromatic heterocycles.